The van der Waals surface area contributed by atoms with Crippen LogP contribution in [0.3, 0.4) is 0 Å². The standard InChI is InChI=1S/C3H10OSi.FH/c1-5(2,3)4;/h4H,1-3H3;1H. The van der Waals surface area contributed by atoms with E-state index in [1.165, 1.54) is 0 Å². The highest BCUT2D eigenvalue weighted by atomic mass is 28.4. The molecule has 0 unspecified atom stereocenters. The molecule has 0 bridgehead atoms. The molecule has 40 valence electrons. The highest BCUT2D eigenvalue weighted by Crippen LogP contribution is 1.88. The minimum Gasteiger partial charge on any atom is -0.433 e. The molecule has 0 saturated heterocycles. The van der Waals surface area contributed by atoms with Gasteiger partial charge < -0.3 is 4.80 Å². The maximum absolute atomic E-state index is 8.66. The van der Waals surface area contributed by atoms with E-state index in [1.54, 1.807) is 0 Å². The lowest BCUT2D eigenvalue weighted by Gasteiger charge is -2.00. The molecule has 1 nitrogen and oxygen atoms in total. The second-order valence-corrected chi connectivity index (χ2v) is 6.51. The Labute approximate surface area is 38.5 Å². The van der Waals surface area contributed by atoms with Gasteiger partial charge in [-0.25, -0.2) is 0 Å². The van der Waals surface area contributed by atoms with Crippen LogP contribution in [0.2, 0.25) is 19.6 Å². The predicted octanol–water partition coefficient (Wildman–Crippen LogP) is 0.966. The van der Waals surface area contributed by atoms with E-state index in [-0.39, 0.29) is 4.70 Å². The highest BCUT2D eigenvalue weighted by Gasteiger charge is 2.03. The Morgan fingerprint density at radius 3 is 1.17 bits per heavy atom. The van der Waals surface area contributed by atoms with Crippen LogP contribution in [0.15, 0.2) is 0 Å². The molecular formula is C3H11FOSi. The molecule has 6 heavy (non-hydrogen) atoms. The van der Waals surface area contributed by atoms with E-state index in [9.17, 15) is 0 Å². The maximum atomic E-state index is 8.66. The van der Waals surface area contributed by atoms with Crippen molar-refractivity contribution >= 4 is 8.32 Å². The van der Waals surface area contributed by atoms with Crippen LogP contribution < -0.4 is 0 Å². The number of halogens is 1. The van der Waals surface area contributed by atoms with Crippen LogP contribution in [0.5, 0.6) is 0 Å². The van der Waals surface area contributed by atoms with Gasteiger partial charge in [0.15, 0.2) is 8.32 Å². The van der Waals surface area contributed by atoms with Crippen LogP contribution in [0.1, 0.15) is 0 Å². The monoisotopic (exact) mass is 110 g/mol. The highest BCUT2D eigenvalue weighted by molar-refractivity contribution is 6.68. The summed E-state index contributed by atoms with van der Waals surface area (Å²) in [4.78, 5) is 8.66. The molecular weight excluding hydrogens is 99.1 g/mol. The van der Waals surface area contributed by atoms with Crippen LogP contribution in [-0.2, 0) is 0 Å². The molecule has 0 amide bonds. The largest absolute Gasteiger partial charge is 0.433 e. The number of rotatable bonds is 0. The van der Waals surface area contributed by atoms with E-state index in [1.807, 2.05) is 19.6 Å². The van der Waals surface area contributed by atoms with Crippen LogP contribution in [0, 0.1) is 0 Å². The first-order valence-electron chi connectivity index (χ1n) is 1.72. The molecule has 0 aromatic heterocycles. The van der Waals surface area contributed by atoms with Gasteiger partial charge in [-0.05, 0) is 19.6 Å². The lowest BCUT2D eigenvalue weighted by atomic mass is 11.8. The van der Waals surface area contributed by atoms with Crippen LogP contribution in [0.25, 0.3) is 0 Å². The lowest BCUT2D eigenvalue weighted by molar-refractivity contribution is 0.561. The third-order valence-corrected chi connectivity index (χ3v) is 0. The molecule has 0 aliphatic heterocycles. The van der Waals surface area contributed by atoms with Crippen molar-refractivity contribution < 1.29 is 9.50 Å². The van der Waals surface area contributed by atoms with Gasteiger partial charge in [-0.15, -0.1) is 0 Å². The Kier molecular flexibility index (Phi) is 3.63. The molecule has 0 aliphatic carbocycles. The average molecular weight is 110 g/mol. The van der Waals surface area contributed by atoms with Gasteiger partial charge in [-0.1, -0.05) is 0 Å². The van der Waals surface area contributed by atoms with Gasteiger partial charge in [0, 0.05) is 0 Å². The van der Waals surface area contributed by atoms with Gasteiger partial charge in [0.1, 0.15) is 0 Å². The molecule has 0 heterocycles. The maximum Gasteiger partial charge on any atom is 0.179 e. The molecule has 1 N–H and O–H groups in total. The summed E-state index contributed by atoms with van der Waals surface area (Å²) in [7, 11) is -1.61. The minimum atomic E-state index is -1.61. The summed E-state index contributed by atoms with van der Waals surface area (Å²) in [5.74, 6) is 0. The smallest absolute Gasteiger partial charge is 0.179 e. The molecule has 3 heteroatoms. The van der Waals surface area contributed by atoms with Crippen molar-refractivity contribution in [1.29, 1.82) is 0 Å². The van der Waals surface area contributed by atoms with Gasteiger partial charge in [0.2, 0.25) is 0 Å². The molecule has 0 atom stereocenters. The Morgan fingerprint density at radius 2 is 1.17 bits per heavy atom. The van der Waals surface area contributed by atoms with Crippen LogP contribution in [0.4, 0.5) is 4.70 Å². The van der Waals surface area contributed by atoms with Gasteiger partial charge in [-0.3, -0.25) is 4.70 Å². The zero-order valence-corrected chi connectivity index (χ0v) is 5.36. The summed E-state index contributed by atoms with van der Waals surface area (Å²) >= 11 is 0. The molecule has 0 aromatic carbocycles. The Bertz CT molecular complexity index is 26.3. The molecule has 0 saturated carbocycles. The molecule has 0 aromatic rings. The van der Waals surface area contributed by atoms with Crippen molar-refractivity contribution in [3.8, 4) is 0 Å². The Balaban J connectivity index is 0. The zero-order chi connectivity index (χ0) is 4.50. The topological polar surface area (TPSA) is 20.2 Å². The molecule has 0 aliphatic rings. The van der Waals surface area contributed by atoms with E-state index in [4.69, 9.17) is 4.80 Å². The second kappa shape index (κ2) is 2.31. The second-order valence-electron chi connectivity index (χ2n) is 2.17. The van der Waals surface area contributed by atoms with Gasteiger partial charge in [0.05, 0.1) is 0 Å². The Hall–Kier alpha value is 0.107. The fraction of sp³-hybridized carbons (Fsp3) is 1.00. The van der Waals surface area contributed by atoms with Crippen LogP contribution >= 0.6 is 0 Å². The fourth-order valence-electron chi connectivity index (χ4n) is 0. The quantitative estimate of drug-likeness (QED) is 0.461. The molecule has 0 rings (SSSR count). The van der Waals surface area contributed by atoms with E-state index in [2.05, 4.69) is 0 Å². The van der Waals surface area contributed by atoms with Crippen molar-refractivity contribution in [2.75, 3.05) is 0 Å². The summed E-state index contributed by atoms with van der Waals surface area (Å²) in [6.45, 7) is 5.65. The first-order valence-corrected chi connectivity index (χ1v) is 5.17. The van der Waals surface area contributed by atoms with E-state index < -0.39 is 8.32 Å². The third-order valence-electron chi connectivity index (χ3n) is 0. The van der Waals surface area contributed by atoms with Crippen molar-refractivity contribution in [1.82, 2.24) is 0 Å². The van der Waals surface area contributed by atoms with Crippen molar-refractivity contribution in [3.05, 3.63) is 0 Å². The molecule has 0 spiro atoms. The van der Waals surface area contributed by atoms with E-state index in [0.717, 1.165) is 0 Å². The van der Waals surface area contributed by atoms with Crippen molar-refractivity contribution in [3.63, 3.8) is 0 Å². The summed E-state index contributed by atoms with van der Waals surface area (Å²) < 4.78 is 0. The van der Waals surface area contributed by atoms with Gasteiger partial charge in [-0.2, -0.15) is 0 Å². The summed E-state index contributed by atoms with van der Waals surface area (Å²) in [5, 5.41) is 0. The fourth-order valence-corrected chi connectivity index (χ4v) is 0. The third kappa shape index (κ3) is 3470. The first kappa shape index (κ1) is 9.44. The predicted molar refractivity (Wildman–Crippen MR) is 28.1 cm³/mol. The summed E-state index contributed by atoms with van der Waals surface area (Å²) in [6, 6.07) is 0. The molecule has 0 radical (unpaired) electrons. The van der Waals surface area contributed by atoms with Crippen molar-refractivity contribution in [2.45, 2.75) is 19.6 Å². The lowest BCUT2D eigenvalue weighted by Crippen LogP contribution is -2.17. The zero-order valence-electron chi connectivity index (χ0n) is 4.36. The number of hydrogen-bond donors (Lipinski definition) is 1. The van der Waals surface area contributed by atoms with E-state index >= 15 is 0 Å². The average Bonchev–Trinajstić information content (AvgIpc) is 0.722. The van der Waals surface area contributed by atoms with Crippen LogP contribution in [-0.4, -0.2) is 13.1 Å². The first-order chi connectivity index (χ1) is 2.00. The van der Waals surface area contributed by atoms with Gasteiger partial charge >= 0.3 is 0 Å². The van der Waals surface area contributed by atoms with Gasteiger partial charge in [0.25, 0.3) is 0 Å². The SMILES string of the molecule is C[Si](C)(C)O.F. The minimum absolute atomic E-state index is 0. The number of hydrogen-bond acceptors (Lipinski definition) is 1. The molecule has 0 fully saturated rings. The Morgan fingerprint density at radius 1 is 1.17 bits per heavy atom. The van der Waals surface area contributed by atoms with Crippen molar-refractivity contribution in [2.24, 2.45) is 0 Å². The summed E-state index contributed by atoms with van der Waals surface area (Å²) in [6.07, 6.45) is 0. The normalized spacial score (nSPS) is 10.0. The van der Waals surface area contributed by atoms with E-state index in [0.29, 0.717) is 0 Å². The summed E-state index contributed by atoms with van der Waals surface area (Å²) in [5.41, 5.74) is 0.